The van der Waals surface area contributed by atoms with E-state index >= 15 is 0 Å². The summed E-state index contributed by atoms with van der Waals surface area (Å²) < 4.78 is 0. The molecule has 0 aromatic rings. The topological polar surface area (TPSA) is 46.2 Å². The summed E-state index contributed by atoms with van der Waals surface area (Å²) in [5, 5.41) is 3.13. The molecular weight excluding hydrogens is 142 g/mol. The molecule has 3 nitrogen and oxygen atoms in total. The van der Waals surface area contributed by atoms with Gasteiger partial charge in [-0.3, -0.25) is 9.59 Å². The maximum Gasteiger partial charge on any atom is 0.160 e. The molecule has 1 heterocycles. The Balaban J connectivity index is 2.13. The number of nitrogens with one attached hydrogen (secondary N) is 1. The lowest BCUT2D eigenvalue weighted by atomic mass is 9.73. The fourth-order valence-corrected chi connectivity index (χ4v) is 1.81. The average molecular weight is 153 g/mol. The third kappa shape index (κ3) is 0.913. The van der Waals surface area contributed by atoms with Crippen LogP contribution in [0.1, 0.15) is 25.7 Å². The lowest BCUT2D eigenvalue weighted by Gasteiger charge is -2.43. The summed E-state index contributed by atoms with van der Waals surface area (Å²) in [6.07, 6.45) is 2.40. The van der Waals surface area contributed by atoms with Crippen LogP contribution in [0.15, 0.2) is 0 Å². The second-order valence-corrected chi connectivity index (χ2v) is 3.40. The van der Waals surface area contributed by atoms with Gasteiger partial charge in [0.2, 0.25) is 0 Å². The highest BCUT2D eigenvalue weighted by molar-refractivity contribution is 6.06. The van der Waals surface area contributed by atoms with E-state index in [9.17, 15) is 9.59 Å². The summed E-state index contributed by atoms with van der Waals surface area (Å²) >= 11 is 0. The molecule has 0 bridgehead atoms. The van der Waals surface area contributed by atoms with E-state index in [2.05, 4.69) is 5.32 Å². The number of hydrogen-bond donors (Lipinski definition) is 1. The van der Waals surface area contributed by atoms with Crippen LogP contribution in [0.3, 0.4) is 0 Å². The number of hydrogen-bond acceptors (Lipinski definition) is 3. The van der Waals surface area contributed by atoms with Crippen LogP contribution in [0.25, 0.3) is 0 Å². The Bertz CT molecular complexity index is 218. The molecule has 0 radical (unpaired) electrons. The van der Waals surface area contributed by atoms with Gasteiger partial charge in [0, 0.05) is 6.42 Å². The van der Waals surface area contributed by atoms with E-state index in [1.54, 1.807) is 0 Å². The molecule has 0 aromatic heterocycles. The molecule has 1 saturated heterocycles. The van der Waals surface area contributed by atoms with Crippen molar-refractivity contribution in [1.82, 2.24) is 5.32 Å². The first-order chi connectivity index (χ1) is 5.23. The highest BCUT2D eigenvalue weighted by Crippen LogP contribution is 2.31. The van der Waals surface area contributed by atoms with Crippen molar-refractivity contribution in [2.45, 2.75) is 31.2 Å². The molecule has 1 spiro atoms. The van der Waals surface area contributed by atoms with Gasteiger partial charge in [0.1, 0.15) is 5.78 Å². The van der Waals surface area contributed by atoms with Crippen LogP contribution in [0.2, 0.25) is 0 Å². The molecule has 1 saturated carbocycles. The Morgan fingerprint density at radius 3 is 2.45 bits per heavy atom. The number of carbonyl (C=O) groups is 2. The van der Waals surface area contributed by atoms with Crippen molar-refractivity contribution in [2.75, 3.05) is 6.54 Å². The average Bonchev–Trinajstić information content (AvgIpc) is 1.84. The van der Waals surface area contributed by atoms with E-state index in [0.29, 0.717) is 6.42 Å². The lowest BCUT2D eigenvalue weighted by Crippen LogP contribution is -2.64. The van der Waals surface area contributed by atoms with Gasteiger partial charge in [0.05, 0.1) is 12.0 Å². The zero-order valence-electron chi connectivity index (χ0n) is 6.35. The normalized spacial score (nSPS) is 37.5. The van der Waals surface area contributed by atoms with Gasteiger partial charge in [-0.1, -0.05) is 0 Å². The van der Waals surface area contributed by atoms with Crippen molar-refractivity contribution in [2.24, 2.45) is 0 Å². The predicted molar refractivity (Wildman–Crippen MR) is 39.2 cm³/mol. The molecule has 11 heavy (non-hydrogen) atoms. The molecule has 2 aliphatic rings. The molecule has 1 unspecified atom stereocenters. The molecule has 0 amide bonds. The molecule has 1 atom stereocenters. The number of ketones is 2. The third-order valence-corrected chi connectivity index (χ3v) is 2.74. The maximum atomic E-state index is 11.3. The van der Waals surface area contributed by atoms with Gasteiger partial charge in [0.15, 0.2) is 5.78 Å². The predicted octanol–water partition coefficient (Wildman–Crippen LogP) is 0.0406. The Kier molecular flexibility index (Phi) is 1.36. The van der Waals surface area contributed by atoms with E-state index in [1.165, 1.54) is 0 Å². The van der Waals surface area contributed by atoms with Gasteiger partial charge in [-0.2, -0.15) is 0 Å². The van der Waals surface area contributed by atoms with E-state index in [1.807, 2.05) is 0 Å². The first-order valence-corrected chi connectivity index (χ1v) is 4.03. The van der Waals surface area contributed by atoms with E-state index < -0.39 is 0 Å². The fraction of sp³-hybridized carbons (Fsp3) is 0.750. The van der Waals surface area contributed by atoms with Crippen molar-refractivity contribution < 1.29 is 9.59 Å². The number of carbonyl (C=O) groups excluding carboxylic acids is 2. The minimum absolute atomic E-state index is 0.106. The SMILES string of the molecule is O=C1CCC2(CCN2)C(=O)C1. The van der Waals surface area contributed by atoms with Crippen molar-refractivity contribution >= 4 is 11.6 Å². The largest absolute Gasteiger partial charge is 0.305 e. The van der Waals surface area contributed by atoms with Crippen molar-refractivity contribution in [3.05, 3.63) is 0 Å². The van der Waals surface area contributed by atoms with Crippen LogP contribution in [-0.2, 0) is 9.59 Å². The third-order valence-electron chi connectivity index (χ3n) is 2.74. The summed E-state index contributed by atoms with van der Waals surface area (Å²) in [4.78, 5) is 22.2. The summed E-state index contributed by atoms with van der Waals surface area (Å²) in [5.74, 6) is 0.217. The Morgan fingerprint density at radius 2 is 2.00 bits per heavy atom. The first-order valence-electron chi connectivity index (χ1n) is 4.03. The van der Waals surface area contributed by atoms with Crippen molar-refractivity contribution in [1.29, 1.82) is 0 Å². The van der Waals surface area contributed by atoms with Crippen LogP contribution in [-0.4, -0.2) is 23.7 Å². The van der Waals surface area contributed by atoms with Gasteiger partial charge >= 0.3 is 0 Å². The second-order valence-electron chi connectivity index (χ2n) is 3.40. The van der Waals surface area contributed by atoms with Crippen LogP contribution >= 0.6 is 0 Å². The minimum atomic E-state index is -0.270. The van der Waals surface area contributed by atoms with Gasteiger partial charge in [-0.25, -0.2) is 0 Å². The molecule has 1 aliphatic heterocycles. The summed E-state index contributed by atoms with van der Waals surface area (Å²) in [7, 11) is 0. The van der Waals surface area contributed by atoms with Crippen molar-refractivity contribution in [3.63, 3.8) is 0 Å². The lowest BCUT2D eigenvalue weighted by molar-refractivity contribution is -0.137. The smallest absolute Gasteiger partial charge is 0.160 e. The number of Topliss-reactive ketones (excluding diaryl/α,β-unsaturated/α-hetero) is 2. The summed E-state index contributed by atoms with van der Waals surface area (Å²) in [5.41, 5.74) is -0.270. The molecule has 1 aliphatic carbocycles. The van der Waals surface area contributed by atoms with E-state index in [4.69, 9.17) is 0 Å². The molecule has 60 valence electrons. The van der Waals surface area contributed by atoms with Crippen molar-refractivity contribution in [3.8, 4) is 0 Å². The van der Waals surface area contributed by atoms with Crippen LogP contribution in [0.5, 0.6) is 0 Å². The molecular formula is C8H11NO2. The highest BCUT2D eigenvalue weighted by atomic mass is 16.2. The number of rotatable bonds is 0. The standard InChI is InChI=1S/C8H11NO2/c10-6-1-2-8(3-4-9-8)7(11)5-6/h9H,1-5H2. The molecule has 2 rings (SSSR count). The van der Waals surface area contributed by atoms with Gasteiger partial charge in [-0.05, 0) is 19.4 Å². The zero-order chi connectivity index (χ0) is 7.90. The molecule has 2 fully saturated rings. The Labute approximate surface area is 65.2 Å². The quantitative estimate of drug-likeness (QED) is 0.500. The van der Waals surface area contributed by atoms with E-state index in [-0.39, 0.29) is 23.5 Å². The van der Waals surface area contributed by atoms with Gasteiger partial charge in [-0.15, -0.1) is 0 Å². The molecule has 1 N–H and O–H groups in total. The fourth-order valence-electron chi connectivity index (χ4n) is 1.81. The molecule has 0 aromatic carbocycles. The monoisotopic (exact) mass is 153 g/mol. The second kappa shape index (κ2) is 2.14. The summed E-state index contributed by atoms with van der Waals surface area (Å²) in [6.45, 7) is 0.930. The van der Waals surface area contributed by atoms with Gasteiger partial charge in [0.25, 0.3) is 0 Å². The summed E-state index contributed by atoms with van der Waals surface area (Å²) in [6, 6.07) is 0. The zero-order valence-corrected chi connectivity index (χ0v) is 6.35. The maximum absolute atomic E-state index is 11.3. The minimum Gasteiger partial charge on any atom is -0.305 e. The van der Waals surface area contributed by atoms with Crippen LogP contribution in [0.4, 0.5) is 0 Å². The van der Waals surface area contributed by atoms with Crippen LogP contribution in [0, 0.1) is 0 Å². The van der Waals surface area contributed by atoms with E-state index in [0.717, 1.165) is 19.4 Å². The highest BCUT2D eigenvalue weighted by Gasteiger charge is 2.46. The van der Waals surface area contributed by atoms with Crippen LogP contribution < -0.4 is 5.32 Å². The Hall–Kier alpha value is -0.700. The molecule has 3 heteroatoms. The Morgan fingerprint density at radius 1 is 1.27 bits per heavy atom. The van der Waals surface area contributed by atoms with Gasteiger partial charge < -0.3 is 5.32 Å². The first kappa shape index (κ1) is 6.98.